The molecule has 82 valence electrons. The number of carbonyl (C=O) groups excluding carboxylic acids is 1. The van der Waals surface area contributed by atoms with Crippen LogP contribution in [0.5, 0.6) is 0 Å². The van der Waals surface area contributed by atoms with Crippen LogP contribution in [0.4, 0.5) is 0 Å². The van der Waals surface area contributed by atoms with Crippen molar-refractivity contribution in [2.45, 2.75) is 39.5 Å². The molecule has 0 atom stereocenters. The first-order valence-electron chi connectivity index (χ1n) is 5.39. The topological polar surface area (TPSA) is 29.1 Å². The lowest BCUT2D eigenvalue weighted by atomic mass is 9.67. The third-order valence-corrected chi connectivity index (χ3v) is 3.46. The van der Waals surface area contributed by atoms with Crippen molar-refractivity contribution in [3.8, 4) is 0 Å². The Morgan fingerprint density at radius 2 is 2.14 bits per heavy atom. The molecular weight excluding hydrogens is 198 g/mol. The van der Waals surface area contributed by atoms with Crippen molar-refractivity contribution >= 4 is 17.5 Å². The normalized spacial score (nSPS) is 17.6. The second-order valence-electron chi connectivity index (χ2n) is 4.83. The van der Waals surface area contributed by atoms with E-state index in [2.05, 4.69) is 19.2 Å². The van der Waals surface area contributed by atoms with Gasteiger partial charge in [-0.1, -0.05) is 20.3 Å². The predicted molar refractivity (Wildman–Crippen MR) is 59.5 cm³/mol. The van der Waals surface area contributed by atoms with Crippen LogP contribution in [0.2, 0.25) is 0 Å². The van der Waals surface area contributed by atoms with Crippen LogP contribution >= 0.6 is 11.6 Å². The van der Waals surface area contributed by atoms with Crippen LogP contribution in [0, 0.1) is 11.3 Å². The van der Waals surface area contributed by atoms with Crippen LogP contribution in [-0.2, 0) is 4.79 Å². The van der Waals surface area contributed by atoms with E-state index in [1.54, 1.807) is 0 Å². The van der Waals surface area contributed by atoms with E-state index in [1.165, 1.54) is 19.3 Å². The molecule has 1 N–H and O–H groups in total. The number of hydrogen-bond acceptors (Lipinski definition) is 1. The van der Waals surface area contributed by atoms with Gasteiger partial charge in [0.25, 0.3) is 0 Å². The van der Waals surface area contributed by atoms with Crippen LogP contribution in [0.25, 0.3) is 0 Å². The van der Waals surface area contributed by atoms with Gasteiger partial charge in [0.2, 0.25) is 5.91 Å². The Balaban J connectivity index is 2.24. The molecule has 14 heavy (non-hydrogen) atoms. The van der Waals surface area contributed by atoms with E-state index >= 15 is 0 Å². The summed E-state index contributed by atoms with van der Waals surface area (Å²) in [7, 11) is 0. The third-order valence-electron chi connectivity index (χ3n) is 3.27. The molecule has 1 aliphatic carbocycles. The molecule has 0 unspecified atom stereocenters. The Bertz CT molecular complexity index is 199. The van der Waals surface area contributed by atoms with Gasteiger partial charge in [-0.05, 0) is 24.2 Å². The van der Waals surface area contributed by atoms with Crippen LogP contribution in [0.15, 0.2) is 0 Å². The molecule has 0 aromatic carbocycles. The fourth-order valence-corrected chi connectivity index (χ4v) is 2.01. The maximum Gasteiger partial charge on any atom is 0.221 e. The number of hydrogen-bond donors (Lipinski definition) is 1. The van der Waals surface area contributed by atoms with E-state index in [0.717, 1.165) is 12.5 Å². The number of carbonyl (C=O) groups is 1. The first-order chi connectivity index (χ1) is 6.56. The molecule has 1 saturated carbocycles. The van der Waals surface area contributed by atoms with Gasteiger partial charge >= 0.3 is 0 Å². The van der Waals surface area contributed by atoms with E-state index in [1.807, 2.05) is 0 Å². The van der Waals surface area contributed by atoms with Gasteiger partial charge < -0.3 is 5.32 Å². The molecule has 1 amide bonds. The molecule has 0 aliphatic heterocycles. The van der Waals surface area contributed by atoms with Crippen molar-refractivity contribution in [2.24, 2.45) is 11.3 Å². The molecule has 0 bridgehead atoms. The number of rotatable bonds is 5. The lowest BCUT2D eigenvalue weighted by molar-refractivity contribution is -0.121. The lowest BCUT2D eigenvalue weighted by Crippen LogP contribution is -2.41. The highest BCUT2D eigenvalue weighted by Crippen LogP contribution is 2.41. The molecule has 1 aliphatic rings. The van der Waals surface area contributed by atoms with E-state index in [-0.39, 0.29) is 11.3 Å². The fourth-order valence-electron chi connectivity index (χ4n) is 1.83. The Morgan fingerprint density at radius 1 is 1.50 bits per heavy atom. The average Bonchev–Trinajstić information content (AvgIpc) is 1.97. The zero-order chi connectivity index (χ0) is 10.6. The Kier molecular flexibility index (Phi) is 4.24. The van der Waals surface area contributed by atoms with E-state index in [0.29, 0.717) is 12.3 Å². The van der Waals surface area contributed by atoms with Crippen molar-refractivity contribution in [1.82, 2.24) is 5.32 Å². The zero-order valence-electron chi connectivity index (χ0n) is 9.11. The van der Waals surface area contributed by atoms with Gasteiger partial charge in [0.1, 0.15) is 0 Å². The maximum atomic E-state index is 11.2. The predicted octanol–water partition coefficient (Wildman–Crippen LogP) is 2.56. The van der Waals surface area contributed by atoms with Gasteiger partial charge in [0.15, 0.2) is 0 Å². The molecule has 3 heteroatoms. The standard InChI is InChI=1S/C11H20ClNO/c1-11(2,9-4-3-5-9)8-13-10(14)6-7-12/h9H,3-8H2,1-2H3,(H,13,14). The summed E-state index contributed by atoms with van der Waals surface area (Å²) in [5, 5.41) is 2.95. The summed E-state index contributed by atoms with van der Waals surface area (Å²) < 4.78 is 0. The molecular formula is C11H20ClNO. The molecule has 0 heterocycles. The van der Waals surface area contributed by atoms with Gasteiger partial charge in [-0.15, -0.1) is 11.6 Å². The Morgan fingerprint density at radius 3 is 2.57 bits per heavy atom. The molecule has 1 rings (SSSR count). The molecule has 0 aromatic heterocycles. The van der Waals surface area contributed by atoms with E-state index in [4.69, 9.17) is 11.6 Å². The Hall–Kier alpha value is -0.240. The monoisotopic (exact) mass is 217 g/mol. The van der Waals surface area contributed by atoms with Crippen LogP contribution in [-0.4, -0.2) is 18.3 Å². The largest absolute Gasteiger partial charge is 0.356 e. The second-order valence-corrected chi connectivity index (χ2v) is 5.21. The van der Waals surface area contributed by atoms with Gasteiger partial charge in [0, 0.05) is 18.8 Å². The van der Waals surface area contributed by atoms with Crippen molar-refractivity contribution in [1.29, 1.82) is 0 Å². The van der Waals surface area contributed by atoms with Crippen molar-refractivity contribution in [3.05, 3.63) is 0 Å². The molecule has 2 nitrogen and oxygen atoms in total. The molecule has 0 spiro atoms. The quantitative estimate of drug-likeness (QED) is 0.705. The highest BCUT2D eigenvalue weighted by Gasteiger charge is 2.33. The minimum absolute atomic E-state index is 0.0763. The summed E-state index contributed by atoms with van der Waals surface area (Å²) in [4.78, 5) is 11.2. The fraction of sp³-hybridized carbons (Fsp3) is 0.909. The van der Waals surface area contributed by atoms with Gasteiger partial charge in [-0.25, -0.2) is 0 Å². The van der Waals surface area contributed by atoms with E-state index in [9.17, 15) is 4.79 Å². The summed E-state index contributed by atoms with van der Waals surface area (Å²) in [5.74, 6) is 1.28. The number of alkyl halides is 1. The summed E-state index contributed by atoms with van der Waals surface area (Å²) in [6.07, 6.45) is 4.42. The molecule has 0 aromatic rings. The summed E-state index contributed by atoms with van der Waals surface area (Å²) in [5.41, 5.74) is 0.250. The molecule has 1 fully saturated rings. The minimum Gasteiger partial charge on any atom is -0.356 e. The van der Waals surface area contributed by atoms with Crippen LogP contribution in [0.1, 0.15) is 39.5 Å². The highest BCUT2D eigenvalue weighted by molar-refractivity contribution is 6.18. The summed E-state index contributed by atoms with van der Waals surface area (Å²) in [6, 6.07) is 0. The van der Waals surface area contributed by atoms with Crippen molar-refractivity contribution in [2.75, 3.05) is 12.4 Å². The first kappa shape index (κ1) is 11.8. The van der Waals surface area contributed by atoms with Crippen LogP contribution < -0.4 is 5.32 Å². The molecule has 0 saturated heterocycles. The second kappa shape index (κ2) is 5.01. The highest BCUT2D eigenvalue weighted by atomic mass is 35.5. The zero-order valence-corrected chi connectivity index (χ0v) is 9.86. The van der Waals surface area contributed by atoms with Gasteiger partial charge in [-0.3, -0.25) is 4.79 Å². The lowest BCUT2D eigenvalue weighted by Gasteiger charge is -2.40. The third kappa shape index (κ3) is 3.16. The SMILES string of the molecule is CC(C)(CNC(=O)CCCl)C1CCC1. The minimum atomic E-state index is 0.0763. The summed E-state index contributed by atoms with van der Waals surface area (Å²) >= 11 is 5.49. The van der Waals surface area contributed by atoms with Gasteiger partial charge in [0.05, 0.1) is 0 Å². The maximum absolute atomic E-state index is 11.2. The van der Waals surface area contributed by atoms with Gasteiger partial charge in [-0.2, -0.15) is 0 Å². The smallest absolute Gasteiger partial charge is 0.221 e. The number of nitrogens with one attached hydrogen (secondary N) is 1. The molecule has 0 radical (unpaired) electrons. The van der Waals surface area contributed by atoms with E-state index < -0.39 is 0 Å². The average molecular weight is 218 g/mol. The summed E-state index contributed by atoms with van der Waals surface area (Å²) in [6.45, 7) is 5.25. The first-order valence-corrected chi connectivity index (χ1v) is 5.92. The Labute approximate surface area is 91.4 Å². The number of halogens is 1. The van der Waals surface area contributed by atoms with Crippen molar-refractivity contribution < 1.29 is 4.79 Å². The van der Waals surface area contributed by atoms with Crippen LogP contribution in [0.3, 0.4) is 0 Å². The number of amides is 1. The van der Waals surface area contributed by atoms with Crippen molar-refractivity contribution in [3.63, 3.8) is 0 Å².